The minimum absolute atomic E-state index is 0.143. The number of amides is 3. The third-order valence-electron chi connectivity index (χ3n) is 7.14. The Bertz CT molecular complexity index is 905. The number of nitrogens with one attached hydrogen (secondary N) is 2. The van der Waals surface area contributed by atoms with Gasteiger partial charge in [-0.2, -0.15) is 0 Å². The van der Waals surface area contributed by atoms with E-state index in [1.807, 2.05) is 39.8 Å². The lowest BCUT2D eigenvalue weighted by molar-refractivity contribution is -0.143. The van der Waals surface area contributed by atoms with Gasteiger partial charge in [-0.25, -0.2) is 4.79 Å². The van der Waals surface area contributed by atoms with Gasteiger partial charge in [-0.3, -0.25) is 9.59 Å². The standard InChI is InChI=1S/C33H57N3O4/c1-10-13-15-16-18-20-36(31(38)28(26(6)12-3)35-32(39)40-33(7,8)9)29(30(37)34-19-17-14-11-2)27-22-24(4)21-25(5)23-27/h21-23,26,28-29H,10-20H2,1-9H3,(H,34,37)(H,35,39). The van der Waals surface area contributed by atoms with Gasteiger partial charge in [0.05, 0.1) is 0 Å². The number of nitrogens with zero attached hydrogens (tertiary/aromatic N) is 1. The Morgan fingerprint density at radius 3 is 2.00 bits per heavy atom. The summed E-state index contributed by atoms with van der Waals surface area (Å²) < 4.78 is 5.52. The number of benzene rings is 1. The van der Waals surface area contributed by atoms with Crippen molar-refractivity contribution in [2.24, 2.45) is 5.92 Å². The number of rotatable bonds is 17. The molecule has 0 heterocycles. The van der Waals surface area contributed by atoms with Crippen LogP contribution in [0.15, 0.2) is 18.2 Å². The van der Waals surface area contributed by atoms with Crippen molar-refractivity contribution in [1.82, 2.24) is 15.5 Å². The molecule has 7 nitrogen and oxygen atoms in total. The molecule has 3 amide bonds. The average Bonchev–Trinajstić information content (AvgIpc) is 2.86. The zero-order valence-corrected chi connectivity index (χ0v) is 26.8. The summed E-state index contributed by atoms with van der Waals surface area (Å²) >= 11 is 0. The highest BCUT2D eigenvalue weighted by atomic mass is 16.6. The molecule has 0 bridgehead atoms. The quantitative estimate of drug-likeness (QED) is 0.195. The number of hydrogen-bond acceptors (Lipinski definition) is 4. The molecule has 1 aromatic carbocycles. The number of carbonyl (C=O) groups excluding carboxylic acids is 3. The zero-order chi connectivity index (χ0) is 30.3. The van der Waals surface area contributed by atoms with Gasteiger partial charge in [-0.15, -0.1) is 0 Å². The number of hydrogen-bond donors (Lipinski definition) is 2. The van der Waals surface area contributed by atoms with Gasteiger partial charge in [-0.1, -0.05) is 102 Å². The van der Waals surface area contributed by atoms with Gasteiger partial charge < -0.3 is 20.3 Å². The number of aryl methyl sites for hydroxylation is 2. The zero-order valence-electron chi connectivity index (χ0n) is 26.8. The Kier molecular flexibility index (Phi) is 15.9. The van der Waals surface area contributed by atoms with E-state index in [9.17, 15) is 14.4 Å². The highest BCUT2D eigenvalue weighted by molar-refractivity contribution is 5.92. The summed E-state index contributed by atoms with van der Waals surface area (Å²) in [6.45, 7) is 18.7. The Morgan fingerprint density at radius 2 is 1.45 bits per heavy atom. The Balaban J connectivity index is 3.52. The molecule has 1 rings (SSSR count). The van der Waals surface area contributed by atoms with Crippen molar-refractivity contribution < 1.29 is 19.1 Å². The second kappa shape index (κ2) is 18.0. The van der Waals surface area contributed by atoms with E-state index < -0.39 is 23.8 Å². The van der Waals surface area contributed by atoms with Gasteiger partial charge >= 0.3 is 6.09 Å². The molecule has 0 saturated carbocycles. The fourth-order valence-electron chi connectivity index (χ4n) is 4.87. The molecule has 3 unspecified atom stereocenters. The van der Waals surface area contributed by atoms with Gasteiger partial charge in [-0.05, 0) is 58.9 Å². The number of unbranched alkanes of at least 4 members (excludes halogenated alkanes) is 6. The van der Waals surface area contributed by atoms with Crippen LogP contribution in [-0.2, 0) is 14.3 Å². The summed E-state index contributed by atoms with van der Waals surface area (Å²) in [5.41, 5.74) is 2.19. The Labute approximate surface area is 244 Å². The van der Waals surface area contributed by atoms with Gasteiger partial charge in [0.1, 0.15) is 17.7 Å². The largest absolute Gasteiger partial charge is 0.444 e. The van der Waals surface area contributed by atoms with Crippen molar-refractivity contribution in [3.8, 4) is 0 Å². The maximum atomic E-state index is 14.4. The third kappa shape index (κ3) is 12.7. The summed E-state index contributed by atoms with van der Waals surface area (Å²) in [6.07, 6.45) is 8.17. The van der Waals surface area contributed by atoms with Gasteiger partial charge in [0.25, 0.3) is 0 Å². The summed E-state index contributed by atoms with van der Waals surface area (Å²) in [5, 5.41) is 5.97. The molecule has 228 valence electrons. The number of alkyl carbamates (subject to hydrolysis) is 1. The maximum Gasteiger partial charge on any atom is 0.408 e. The molecule has 3 atom stereocenters. The summed E-state index contributed by atoms with van der Waals surface area (Å²) in [7, 11) is 0. The van der Waals surface area contributed by atoms with Crippen molar-refractivity contribution >= 4 is 17.9 Å². The van der Waals surface area contributed by atoms with E-state index in [0.29, 0.717) is 19.5 Å². The summed E-state index contributed by atoms with van der Waals surface area (Å²) in [4.78, 5) is 42.8. The fourth-order valence-corrected chi connectivity index (χ4v) is 4.87. The molecule has 0 aromatic heterocycles. The van der Waals surface area contributed by atoms with Gasteiger partial charge in [0.15, 0.2) is 0 Å². The molecular weight excluding hydrogens is 502 g/mol. The van der Waals surface area contributed by atoms with E-state index in [1.54, 1.807) is 25.7 Å². The smallest absolute Gasteiger partial charge is 0.408 e. The SMILES string of the molecule is CCCCCCCN(C(=O)C(NC(=O)OC(C)(C)C)C(C)CC)C(C(=O)NCCCCC)c1cc(C)cc(C)c1. The second-order valence-electron chi connectivity index (χ2n) is 12.3. The molecule has 2 N–H and O–H groups in total. The monoisotopic (exact) mass is 559 g/mol. The second-order valence-corrected chi connectivity index (χ2v) is 12.3. The van der Waals surface area contributed by atoms with Crippen LogP contribution in [0.4, 0.5) is 4.79 Å². The van der Waals surface area contributed by atoms with Crippen molar-refractivity contribution in [3.05, 3.63) is 34.9 Å². The lowest BCUT2D eigenvalue weighted by atomic mass is 9.94. The van der Waals surface area contributed by atoms with Crippen molar-refractivity contribution in [1.29, 1.82) is 0 Å². The fraction of sp³-hybridized carbons (Fsp3) is 0.727. The first kappa shape index (κ1) is 35.5. The van der Waals surface area contributed by atoms with Crippen LogP contribution in [-0.4, -0.2) is 47.5 Å². The van der Waals surface area contributed by atoms with Crippen LogP contribution >= 0.6 is 0 Å². The van der Waals surface area contributed by atoms with E-state index in [-0.39, 0.29) is 17.7 Å². The van der Waals surface area contributed by atoms with Crippen LogP contribution < -0.4 is 10.6 Å². The lowest BCUT2D eigenvalue weighted by Gasteiger charge is -2.36. The minimum Gasteiger partial charge on any atom is -0.444 e. The molecule has 0 radical (unpaired) electrons. The van der Waals surface area contributed by atoms with Gasteiger partial charge in [0.2, 0.25) is 11.8 Å². The first-order valence-corrected chi connectivity index (χ1v) is 15.5. The van der Waals surface area contributed by atoms with Crippen molar-refractivity contribution in [2.45, 2.75) is 138 Å². The van der Waals surface area contributed by atoms with Crippen molar-refractivity contribution in [3.63, 3.8) is 0 Å². The molecule has 1 aromatic rings. The molecule has 0 aliphatic heterocycles. The normalized spacial score (nSPS) is 13.7. The number of carbonyl (C=O) groups is 3. The van der Waals surface area contributed by atoms with Crippen LogP contribution in [0.5, 0.6) is 0 Å². The number of ether oxygens (including phenoxy) is 1. The van der Waals surface area contributed by atoms with Crippen LogP contribution in [0.3, 0.4) is 0 Å². The van der Waals surface area contributed by atoms with Gasteiger partial charge in [0, 0.05) is 13.1 Å². The highest BCUT2D eigenvalue weighted by Gasteiger charge is 2.38. The van der Waals surface area contributed by atoms with Crippen LogP contribution in [0.1, 0.15) is 129 Å². The average molecular weight is 560 g/mol. The van der Waals surface area contributed by atoms with Crippen LogP contribution in [0.25, 0.3) is 0 Å². The molecule has 0 spiro atoms. The molecular formula is C33H57N3O4. The predicted molar refractivity (Wildman–Crippen MR) is 164 cm³/mol. The predicted octanol–water partition coefficient (Wildman–Crippen LogP) is 7.39. The summed E-state index contributed by atoms with van der Waals surface area (Å²) in [6, 6.07) is 4.48. The molecule has 0 fully saturated rings. The first-order chi connectivity index (χ1) is 18.8. The minimum atomic E-state index is -0.809. The molecule has 40 heavy (non-hydrogen) atoms. The van der Waals surface area contributed by atoms with Crippen molar-refractivity contribution in [2.75, 3.05) is 13.1 Å². The summed E-state index contributed by atoms with van der Waals surface area (Å²) in [5.74, 6) is -0.568. The maximum absolute atomic E-state index is 14.4. The molecule has 7 heteroatoms. The van der Waals surface area contributed by atoms with Crippen LogP contribution in [0.2, 0.25) is 0 Å². The van der Waals surface area contributed by atoms with E-state index in [0.717, 1.165) is 68.1 Å². The van der Waals surface area contributed by atoms with E-state index in [1.165, 1.54) is 0 Å². The first-order valence-electron chi connectivity index (χ1n) is 15.5. The third-order valence-corrected chi connectivity index (χ3v) is 7.14. The topological polar surface area (TPSA) is 87.7 Å². The Hall–Kier alpha value is -2.57. The molecule has 0 aliphatic carbocycles. The van der Waals surface area contributed by atoms with E-state index in [4.69, 9.17) is 4.74 Å². The van der Waals surface area contributed by atoms with E-state index in [2.05, 4.69) is 30.5 Å². The highest BCUT2D eigenvalue weighted by Crippen LogP contribution is 2.27. The van der Waals surface area contributed by atoms with E-state index >= 15 is 0 Å². The Morgan fingerprint density at radius 1 is 0.875 bits per heavy atom. The molecule has 0 aliphatic rings. The lowest BCUT2D eigenvalue weighted by Crippen LogP contribution is -2.55. The molecule has 0 saturated heterocycles. The van der Waals surface area contributed by atoms with Crippen LogP contribution in [0, 0.1) is 19.8 Å².